The van der Waals surface area contributed by atoms with E-state index in [4.69, 9.17) is 0 Å². The fourth-order valence-corrected chi connectivity index (χ4v) is 2.67. The first-order chi connectivity index (χ1) is 12.3. The molecule has 26 heavy (non-hydrogen) atoms. The number of benzene rings is 1. The van der Waals surface area contributed by atoms with Gasteiger partial charge < -0.3 is 20.9 Å². The van der Waals surface area contributed by atoms with Crippen molar-refractivity contribution in [3.63, 3.8) is 0 Å². The number of fused-ring (bicyclic) bond motifs is 1. The molecule has 0 aliphatic heterocycles. The van der Waals surface area contributed by atoms with E-state index in [1.165, 1.54) is 22.0 Å². The summed E-state index contributed by atoms with van der Waals surface area (Å²) in [5.41, 5.74) is 3.36. The van der Waals surface area contributed by atoms with Gasteiger partial charge >= 0.3 is 0 Å². The van der Waals surface area contributed by atoms with Gasteiger partial charge in [-0.1, -0.05) is 32.9 Å². The third-order valence-electron chi connectivity index (χ3n) is 4.22. The molecule has 0 saturated heterocycles. The second-order valence-electron chi connectivity index (χ2n) is 7.54. The molecule has 0 fully saturated rings. The molecule has 0 atom stereocenters. The lowest BCUT2D eigenvalue weighted by Crippen LogP contribution is -2.43. The number of guanidine groups is 1. The van der Waals surface area contributed by atoms with E-state index in [1.54, 1.807) is 7.05 Å². The van der Waals surface area contributed by atoms with Gasteiger partial charge in [0.05, 0.1) is 0 Å². The quantitative estimate of drug-likeness (QED) is 0.364. The Morgan fingerprint density at radius 1 is 1.12 bits per heavy atom. The molecular formula is C20H31N5O. The standard InChI is InChI=1S/C20H31N5O/c1-14-6-7-16-15(13-25-17(16)12-14)8-9-23-19(21-5)24-11-10-22-18(26)20(2,3)4/h6-7,12-13,25H,8-11H2,1-5H3,(H,22,26)(H2,21,23,24). The van der Waals surface area contributed by atoms with Crippen molar-refractivity contribution >= 4 is 22.8 Å². The first kappa shape index (κ1) is 19.8. The largest absolute Gasteiger partial charge is 0.361 e. The van der Waals surface area contributed by atoms with Crippen molar-refractivity contribution in [3.05, 3.63) is 35.5 Å². The number of H-pyrrole nitrogens is 1. The maximum Gasteiger partial charge on any atom is 0.225 e. The smallest absolute Gasteiger partial charge is 0.225 e. The molecule has 1 amide bonds. The van der Waals surface area contributed by atoms with Crippen molar-refractivity contribution in [1.29, 1.82) is 0 Å². The van der Waals surface area contributed by atoms with Gasteiger partial charge in [0.15, 0.2) is 5.96 Å². The molecule has 1 heterocycles. The molecule has 1 aromatic carbocycles. The van der Waals surface area contributed by atoms with Crippen LogP contribution in [0.25, 0.3) is 10.9 Å². The Hall–Kier alpha value is -2.50. The predicted octanol–water partition coefficient (Wildman–Crippen LogP) is 2.35. The number of carbonyl (C=O) groups excluding carboxylic acids is 1. The highest BCUT2D eigenvalue weighted by atomic mass is 16.2. The highest BCUT2D eigenvalue weighted by molar-refractivity contribution is 5.84. The molecule has 4 N–H and O–H groups in total. The molecule has 0 spiro atoms. The number of aromatic amines is 1. The van der Waals surface area contributed by atoms with Crippen LogP contribution in [0.2, 0.25) is 0 Å². The molecule has 1 aromatic heterocycles. The van der Waals surface area contributed by atoms with Gasteiger partial charge in [-0.05, 0) is 30.5 Å². The Balaban J connectivity index is 1.74. The number of aryl methyl sites for hydroxylation is 1. The molecule has 2 aromatic rings. The number of nitrogens with zero attached hydrogens (tertiary/aromatic N) is 1. The van der Waals surface area contributed by atoms with Crippen LogP contribution >= 0.6 is 0 Å². The van der Waals surface area contributed by atoms with Crippen molar-refractivity contribution in [2.75, 3.05) is 26.7 Å². The fraction of sp³-hybridized carbons (Fsp3) is 0.500. The summed E-state index contributed by atoms with van der Waals surface area (Å²) < 4.78 is 0. The number of carbonyl (C=O) groups is 1. The van der Waals surface area contributed by atoms with Crippen LogP contribution in [-0.4, -0.2) is 43.5 Å². The number of hydrogen-bond acceptors (Lipinski definition) is 2. The van der Waals surface area contributed by atoms with Crippen LogP contribution < -0.4 is 16.0 Å². The number of amides is 1. The second kappa shape index (κ2) is 8.74. The molecule has 6 nitrogen and oxygen atoms in total. The molecule has 0 bridgehead atoms. The molecule has 0 aliphatic carbocycles. The maximum absolute atomic E-state index is 11.8. The van der Waals surface area contributed by atoms with Crippen molar-refractivity contribution in [2.24, 2.45) is 10.4 Å². The van der Waals surface area contributed by atoms with Crippen LogP contribution in [0.15, 0.2) is 29.4 Å². The zero-order chi connectivity index (χ0) is 19.2. The molecule has 0 radical (unpaired) electrons. The van der Waals surface area contributed by atoms with E-state index in [0.717, 1.165) is 18.9 Å². The summed E-state index contributed by atoms with van der Waals surface area (Å²) in [7, 11) is 1.75. The highest BCUT2D eigenvalue weighted by Crippen LogP contribution is 2.19. The normalized spacial score (nSPS) is 12.3. The Morgan fingerprint density at radius 2 is 1.81 bits per heavy atom. The van der Waals surface area contributed by atoms with Gasteiger partial charge in [0.1, 0.15) is 0 Å². The van der Waals surface area contributed by atoms with Crippen LogP contribution in [0.3, 0.4) is 0 Å². The molecule has 2 rings (SSSR count). The third kappa shape index (κ3) is 5.51. The summed E-state index contributed by atoms with van der Waals surface area (Å²) >= 11 is 0. The van der Waals surface area contributed by atoms with Crippen LogP contribution in [0.4, 0.5) is 0 Å². The van der Waals surface area contributed by atoms with E-state index in [-0.39, 0.29) is 11.3 Å². The average molecular weight is 358 g/mol. The minimum atomic E-state index is -0.363. The predicted molar refractivity (Wildman–Crippen MR) is 109 cm³/mol. The van der Waals surface area contributed by atoms with Gasteiger partial charge in [-0.15, -0.1) is 0 Å². The van der Waals surface area contributed by atoms with E-state index < -0.39 is 0 Å². The van der Waals surface area contributed by atoms with E-state index in [9.17, 15) is 4.79 Å². The highest BCUT2D eigenvalue weighted by Gasteiger charge is 2.20. The van der Waals surface area contributed by atoms with Gasteiger partial charge in [0.25, 0.3) is 0 Å². The van der Waals surface area contributed by atoms with Gasteiger partial charge in [0, 0.05) is 49.2 Å². The first-order valence-electron chi connectivity index (χ1n) is 9.10. The molecular weight excluding hydrogens is 326 g/mol. The van der Waals surface area contributed by atoms with E-state index >= 15 is 0 Å². The Morgan fingerprint density at radius 3 is 2.50 bits per heavy atom. The van der Waals surface area contributed by atoms with Crippen LogP contribution in [-0.2, 0) is 11.2 Å². The monoisotopic (exact) mass is 357 g/mol. The molecule has 142 valence electrons. The zero-order valence-corrected chi connectivity index (χ0v) is 16.5. The van der Waals surface area contributed by atoms with Crippen molar-refractivity contribution in [2.45, 2.75) is 34.1 Å². The Labute approximate surface area is 155 Å². The van der Waals surface area contributed by atoms with E-state index in [0.29, 0.717) is 13.1 Å². The Bertz CT molecular complexity index is 770. The minimum absolute atomic E-state index is 0.0526. The third-order valence-corrected chi connectivity index (χ3v) is 4.22. The first-order valence-corrected chi connectivity index (χ1v) is 9.10. The second-order valence-corrected chi connectivity index (χ2v) is 7.54. The molecule has 6 heteroatoms. The summed E-state index contributed by atoms with van der Waals surface area (Å²) in [5.74, 6) is 0.794. The van der Waals surface area contributed by atoms with Crippen LogP contribution in [0.5, 0.6) is 0 Å². The lowest BCUT2D eigenvalue weighted by atomic mass is 9.96. The number of nitrogens with one attached hydrogen (secondary N) is 4. The number of aliphatic imine (C=N–C) groups is 1. The van der Waals surface area contributed by atoms with Crippen molar-refractivity contribution in [3.8, 4) is 0 Å². The summed E-state index contributed by atoms with van der Waals surface area (Å²) in [6.45, 7) is 9.80. The molecule has 0 unspecified atom stereocenters. The average Bonchev–Trinajstić information content (AvgIpc) is 2.97. The van der Waals surface area contributed by atoms with E-state index in [1.807, 2.05) is 20.8 Å². The summed E-state index contributed by atoms with van der Waals surface area (Å²) in [5, 5.41) is 10.7. The van der Waals surface area contributed by atoms with Crippen molar-refractivity contribution < 1.29 is 4.79 Å². The molecule has 0 aliphatic rings. The minimum Gasteiger partial charge on any atom is -0.361 e. The SMILES string of the molecule is CN=C(NCCNC(=O)C(C)(C)C)NCCc1c[nH]c2cc(C)ccc12. The number of hydrogen-bond donors (Lipinski definition) is 4. The summed E-state index contributed by atoms with van der Waals surface area (Å²) in [6, 6.07) is 6.47. The van der Waals surface area contributed by atoms with Gasteiger partial charge in [0.2, 0.25) is 5.91 Å². The summed E-state index contributed by atoms with van der Waals surface area (Å²) in [6.07, 6.45) is 2.98. The number of aromatic nitrogens is 1. The summed E-state index contributed by atoms with van der Waals surface area (Å²) in [4.78, 5) is 19.4. The fourth-order valence-electron chi connectivity index (χ4n) is 2.67. The van der Waals surface area contributed by atoms with Gasteiger partial charge in [-0.2, -0.15) is 0 Å². The number of rotatable bonds is 6. The van der Waals surface area contributed by atoms with Crippen LogP contribution in [0.1, 0.15) is 31.9 Å². The van der Waals surface area contributed by atoms with E-state index in [2.05, 4.69) is 57.2 Å². The molecule has 0 saturated carbocycles. The van der Waals surface area contributed by atoms with Gasteiger partial charge in [-0.25, -0.2) is 0 Å². The van der Waals surface area contributed by atoms with Crippen molar-refractivity contribution in [1.82, 2.24) is 20.9 Å². The zero-order valence-electron chi connectivity index (χ0n) is 16.5. The Kier molecular flexibility index (Phi) is 6.66. The lowest BCUT2D eigenvalue weighted by Gasteiger charge is -2.18. The van der Waals surface area contributed by atoms with Crippen LogP contribution in [0, 0.1) is 12.3 Å². The topological polar surface area (TPSA) is 81.3 Å². The lowest BCUT2D eigenvalue weighted by molar-refractivity contribution is -0.128. The maximum atomic E-state index is 11.8. The van der Waals surface area contributed by atoms with Gasteiger partial charge in [-0.3, -0.25) is 9.79 Å².